The Hall–Kier alpha value is -2.48. The number of halogens is 1. The van der Waals surface area contributed by atoms with Gasteiger partial charge in [-0.25, -0.2) is 9.67 Å². The van der Waals surface area contributed by atoms with Crippen molar-refractivity contribution in [1.82, 2.24) is 20.0 Å². The number of para-hydroxylation sites is 1. The van der Waals surface area contributed by atoms with Gasteiger partial charge in [-0.1, -0.05) is 35.5 Å². The van der Waals surface area contributed by atoms with Crippen LogP contribution in [0.4, 0.5) is 0 Å². The molecule has 0 radical (unpaired) electrons. The van der Waals surface area contributed by atoms with Gasteiger partial charge in [0.2, 0.25) is 0 Å². The Bertz CT molecular complexity index is 1010. The minimum atomic E-state index is 0.167. The van der Waals surface area contributed by atoms with E-state index in [4.69, 9.17) is 0 Å². The van der Waals surface area contributed by atoms with Crippen molar-refractivity contribution in [2.24, 2.45) is 0 Å². The second-order valence-corrected chi connectivity index (χ2v) is 6.72. The molecule has 0 atom stereocenters. The fourth-order valence-electron chi connectivity index (χ4n) is 2.54. The van der Waals surface area contributed by atoms with E-state index in [9.17, 15) is 5.11 Å². The van der Waals surface area contributed by atoms with Crippen LogP contribution >= 0.6 is 22.6 Å². The lowest BCUT2D eigenvalue weighted by Gasteiger charge is -2.02. The molecule has 2 aromatic heterocycles. The molecule has 2 heterocycles. The van der Waals surface area contributed by atoms with Crippen molar-refractivity contribution in [3.8, 4) is 17.1 Å². The van der Waals surface area contributed by atoms with Gasteiger partial charge in [0.25, 0.3) is 0 Å². The molecule has 0 aliphatic heterocycles. The third kappa shape index (κ3) is 2.96. The predicted octanol–water partition coefficient (Wildman–Crippen LogP) is 3.85. The van der Waals surface area contributed by atoms with Gasteiger partial charge in [0, 0.05) is 8.96 Å². The van der Waals surface area contributed by atoms with Crippen LogP contribution < -0.4 is 0 Å². The molecule has 118 valence electrons. The summed E-state index contributed by atoms with van der Waals surface area (Å²) in [5.41, 5.74) is 3.11. The van der Waals surface area contributed by atoms with Crippen molar-refractivity contribution < 1.29 is 5.11 Å². The average molecular weight is 428 g/mol. The summed E-state index contributed by atoms with van der Waals surface area (Å²) in [6, 6.07) is 17.5. The second-order valence-electron chi connectivity index (χ2n) is 5.47. The number of rotatable bonds is 3. The minimum Gasteiger partial charge on any atom is -0.506 e. The van der Waals surface area contributed by atoms with Crippen LogP contribution in [-0.2, 0) is 6.54 Å². The van der Waals surface area contributed by atoms with Crippen LogP contribution in [0.15, 0.2) is 60.8 Å². The first-order valence-corrected chi connectivity index (χ1v) is 8.50. The fraction of sp³-hybridized carbons (Fsp3) is 0.0556. The Morgan fingerprint density at radius 1 is 0.958 bits per heavy atom. The zero-order valence-electron chi connectivity index (χ0n) is 12.6. The Kier molecular flexibility index (Phi) is 3.89. The van der Waals surface area contributed by atoms with E-state index in [2.05, 4.69) is 62.2 Å². The molecule has 0 fully saturated rings. The van der Waals surface area contributed by atoms with E-state index in [-0.39, 0.29) is 5.75 Å². The van der Waals surface area contributed by atoms with Gasteiger partial charge in [0.15, 0.2) is 0 Å². The molecule has 0 aliphatic rings. The van der Waals surface area contributed by atoms with Crippen LogP contribution in [0.2, 0.25) is 0 Å². The van der Waals surface area contributed by atoms with E-state index < -0.39 is 0 Å². The highest BCUT2D eigenvalue weighted by atomic mass is 127. The van der Waals surface area contributed by atoms with Gasteiger partial charge in [0.1, 0.15) is 17.0 Å². The molecule has 4 aromatic rings. The summed E-state index contributed by atoms with van der Waals surface area (Å²) >= 11 is 2.29. The van der Waals surface area contributed by atoms with Gasteiger partial charge in [0.05, 0.1) is 18.4 Å². The van der Waals surface area contributed by atoms with Crippen LogP contribution in [-0.4, -0.2) is 25.1 Å². The molecule has 6 heteroatoms. The maximum atomic E-state index is 9.96. The molecule has 1 N–H and O–H groups in total. The Labute approximate surface area is 152 Å². The Morgan fingerprint density at radius 3 is 2.62 bits per heavy atom. The molecule has 0 bridgehead atoms. The smallest absolute Gasteiger partial charge is 0.141 e. The molecule has 0 aliphatic carbocycles. The van der Waals surface area contributed by atoms with Crippen molar-refractivity contribution in [3.63, 3.8) is 0 Å². The number of aromatic hydroxyl groups is 1. The van der Waals surface area contributed by atoms with Gasteiger partial charge < -0.3 is 5.11 Å². The van der Waals surface area contributed by atoms with Crippen LogP contribution in [0, 0.1) is 3.57 Å². The molecule has 0 spiro atoms. The van der Waals surface area contributed by atoms with Gasteiger partial charge >= 0.3 is 0 Å². The maximum absolute atomic E-state index is 9.96. The van der Waals surface area contributed by atoms with Crippen molar-refractivity contribution in [2.45, 2.75) is 6.54 Å². The molecule has 0 saturated carbocycles. The standard InChI is InChI=1S/C18H13IN4O/c19-14-7-4-12(5-8-14)10-23-11-16(21-22-23)15-9-6-13-2-1-3-17(24)18(13)20-15/h1-9,11,24H,10H2. The van der Waals surface area contributed by atoms with E-state index in [1.165, 1.54) is 3.57 Å². The quantitative estimate of drug-likeness (QED) is 0.504. The number of hydrogen-bond donors (Lipinski definition) is 1. The first kappa shape index (κ1) is 15.1. The SMILES string of the molecule is Oc1cccc2ccc(-c3cn(Cc4ccc(I)cc4)nn3)nc12. The zero-order valence-corrected chi connectivity index (χ0v) is 14.8. The van der Waals surface area contributed by atoms with Crippen molar-refractivity contribution in [1.29, 1.82) is 0 Å². The van der Waals surface area contributed by atoms with Gasteiger partial charge in [-0.15, -0.1) is 5.10 Å². The third-order valence-corrected chi connectivity index (χ3v) is 4.48. The van der Waals surface area contributed by atoms with Crippen molar-refractivity contribution in [2.75, 3.05) is 0 Å². The van der Waals surface area contributed by atoms with E-state index in [1.54, 1.807) is 16.8 Å². The number of pyridine rings is 1. The minimum absolute atomic E-state index is 0.167. The second kappa shape index (κ2) is 6.20. The zero-order chi connectivity index (χ0) is 16.5. The third-order valence-electron chi connectivity index (χ3n) is 3.76. The lowest BCUT2D eigenvalue weighted by atomic mass is 10.1. The Morgan fingerprint density at radius 2 is 1.79 bits per heavy atom. The van der Waals surface area contributed by atoms with Crippen LogP contribution in [0.5, 0.6) is 5.75 Å². The summed E-state index contributed by atoms with van der Waals surface area (Å²) in [6.07, 6.45) is 1.87. The number of nitrogens with zero attached hydrogens (tertiary/aromatic N) is 4. The lowest BCUT2D eigenvalue weighted by Crippen LogP contribution is -2.00. The molecule has 4 rings (SSSR count). The maximum Gasteiger partial charge on any atom is 0.141 e. The van der Waals surface area contributed by atoms with Crippen molar-refractivity contribution >= 4 is 33.5 Å². The first-order valence-electron chi connectivity index (χ1n) is 7.43. The molecule has 0 saturated heterocycles. The van der Waals surface area contributed by atoms with Crippen LogP contribution in [0.3, 0.4) is 0 Å². The molecular weight excluding hydrogens is 415 g/mol. The highest BCUT2D eigenvalue weighted by Gasteiger charge is 2.08. The topological polar surface area (TPSA) is 63.8 Å². The molecule has 0 unspecified atom stereocenters. The number of phenolic OH excluding ortho intramolecular Hbond substituents is 1. The number of hydrogen-bond acceptors (Lipinski definition) is 4. The van der Waals surface area contributed by atoms with E-state index >= 15 is 0 Å². The average Bonchev–Trinajstić information content (AvgIpc) is 3.06. The summed E-state index contributed by atoms with van der Waals surface area (Å²) in [4.78, 5) is 4.51. The molecule has 24 heavy (non-hydrogen) atoms. The molecule has 5 nitrogen and oxygen atoms in total. The summed E-state index contributed by atoms with van der Waals surface area (Å²) < 4.78 is 2.99. The monoisotopic (exact) mass is 428 g/mol. The van der Waals surface area contributed by atoms with Crippen molar-refractivity contribution in [3.05, 3.63) is 69.9 Å². The van der Waals surface area contributed by atoms with Crippen LogP contribution in [0.1, 0.15) is 5.56 Å². The van der Waals surface area contributed by atoms with Gasteiger partial charge in [-0.2, -0.15) is 0 Å². The summed E-state index contributed by atoms with van der Waals surface area (Å²) in [5.74, 6) is 0.167. The largest absolute Gasteiger partial charge is 0.506 e. The van der Waals surface area contributed by atoms with E-state index in [1.807, 2.05) is 24.4 Å². The summed E-state index contributed by atoms with van der Waals surface area (Å²) in [5, 5.41) is 19.2. The number of benzene rings is 2. The summed E-state index contributed by atoms with van der Waals surface area (Å²) in [6.45, 7) is 0.656. The molecule has 0 amide bonds. The summed E-state index contributed by atoms with van der Waals surface area (Å²) in [7, 11) is 0. The van der Waals surface area contributed by atoms with Gasteiger partial charge in [-0.3, -0.25) is 0 Å². The van der Waals surface area contributed by atoms with E-state index in [0.29, 0.717) is 23.4 Å². The van der Waals surface area contributed by atoms with Gasteiger partial charge in [-0.05, 0) is 52.4 Å². The number of aromatic nitrogens is 4. The lowest BCUT2D eigenvalue weighted by molar-refractivity contribution is 0.480. The number of phenols is 1. The Balaban J connectivity index is 1.64. The highest BCUT2D eigenvalue weighted by molar-refractivity contribution is 14.1. The first-order chi connectivity index (χ1) is 11.7. The highest BCUT2D eigenvalue weighted by Crippen LogP contribution is 2.25. The van der Waals surface area contributed by atoms with Crippen LogP contribution in [0.25, 0.3) is 22.3 Å². The van der Waals surface area contributed by atoms with E-state index in [0.717, 1.165) is 10.9 Å². The number of fused-ring (bicyclic) bond motifs is 1. The molecule has 2 aromatic carbocycles. The normalized spacial score (nSPS) is 11.0. The fourth-order valence-corrected chi connectivity index (χ4v) is 2.90. The predicted molar refractivity (Wildman–Crippen MR) is 101 cm³/mol. The molecular formula is C18H13IN4O.